The van der Waals surface area contributed by atoms with Gasteiger partial charge in [-0.05, 0) is 38.5 Å². The summed E-state index contributed by atoms with van der Waals surface area (Å²) in [6.45, 7) is 3.55. The van der Waals surface area contributed by atoms with E-state index in [2.05, 4.69) is 10.6 Å². The normalized spacial score (nSPS) is 23.0. The molecule has 0 saturated carbocycles. The van der Waals surface area contributed by atoms with Gasteiger partial charge in [0.2, 0.25) is 5.91 Å². The summed E-state index contributed by atoms with van der Waals surface area (Å²) in [6, 6.07) is -2.83. The maximum absolute atomic E-state index is 12.6. The van der Waals surface area contributed by atoms with Crippen LogP contribution in [-0.2, 0) is 61.9 Å². The van der Waals surface area contributed by atoms with Gasteiger partial charge >= 0.3 is 30.0 Å². The number of ether oxygens (including phenoxy) is 8. The summed E-state index contributed by atoms with van der Waals surface area (Å²) in [5, 5.41) is 66.8. The Morgan fingerprint density at radius 1 is 0.468 bits per heavy atom. The van der Waals surface area contributed by atoms with Crippen LogP contribution in [-0.4, -0.2) is 206 Å². The molecule has 4 unspecified atom stereocenters. The zero-order valence-corrected chi connectivity index (χ0v) is 48.5. The maximum atomic E-state index is 12.6. The van der Waals surface area contributed by atoms with E-state index >= 15 is 0 Å². The van der Waals surface area contributed by atoms with Gasteiger partial charge in [0.1, 0.15) is 61.9 Å². The summed E-state index contributed by atoms with van der Waals surface area (Å²) in [4.78, 5) is 71.8. The Bertz CT molecular complexity index is 1670. The first-order chi connectivity index (χ1) is 37.4. The number of amides is 2. The Labute approximate surface area is 474 Å². The van der Waals surface area contributed by atoms with Crippen LogP contribution in [0.1, 0.15) is 181 Å². The van der Waals surface area contributed by atoms with Crippen LogP contribution in [0, 0.1) is 0 Å². The van der Waals surface area contributed by atoms with Crippen molar-refractivity contribution in [3.05, 3.63) is 0 Å². The van der Waals surface area contributed by atoms with E-state index in [1.54, 1.807) is 0 Å². The second kappa shape index (κ2) is 44.1. The monoisotopic (exact) mass is 1160 g/mol. The molecule has 2 aliphatic heterocycles. The predicted octanol–water partition coefficient (Wildman–Crippen LogP) is 0.896. The SMILES string of the molecule is CC(=O)NC1[C@@H](O[C@H]2C(CO)O[C@H](O)C(NC(=O)OCCCCCCCCCCOC(=O)CCCCCCCCCCC(=O)OCCCCCCCCCCOC(=O)C[N+](C)(C)CCOC(C)=O)[C@@H]2O)OC(CO)[C@H](O)[C@H]1O.[Cl-]. The number of unbranched alkanes of at least 4 members (excludes halogenated alkanes) is 21. The highest BCUT2D eigenvalue weighted by atomic mass is 35.5. The van der Waals surface area contributed by atoms with E-state index < -0.39 is 86.5 Å². The molecule has 0 radical (unpaired) electrons. The number of quaternary nitrogens is 1. The quantitative estimate of drug-likeness (QED) is 0.0182. The molecule has 0 aromatic heterocycles. The smallest absolute Gasteiger partial charge is 0.407 e. The predicted molar refractivity (Wildman–Crippen MR) is 284 cm³/mol. The second-order valence-corrected chi connectivity index (χ2v) is 21.4. The molecule has 2 aliphatic rings. The molecule has 0 aliphatic carbocycles. The van der Waals surface area contributed by atoms with Gasteiger partial charge in [-0.15, -0.1) is 0 Å². The lowest BCUT2D eigenvalue weighted by molar-refractivity contribution is -0.883. The van der Waals surface area contributed by atoms with Crippen molar-refractivity contribution in [2.75, 3.05) is 73.4 Å². The third-order valence-corrected chi connectivity index (χ3v) is 13.9. The first-order valence-electron chi connectivity index (χ1n) is 28.9. The number of esters is 4. The molecular weight excluding hydrogens is 1060 g/mol. The van der Waals surface area contributed by atoms with Gasteiger partial charge in [-0.3, -0.25) is 19.2 Å². The summed E-state index contributed by atoms with van der Waals surface area (Å²) in [5.74, 6) is -1.43. The van der Waals surface area contributed by atoms with E-state index in [4.69, 9.17) is 37.9 Å². The summed E-state index contributed by atoms with van der Waals surface area (Å²) >= 11 is 0. The lowest BCUT2D eigenvalue weighted by Crippen LogP contribution is -3.00. The number of aliphatic hydroxyl groups is 6. The number of hydrogen-bond donors (Lipinski definition) is 8. The van der Waals surface area contributed by atoms with Crippen molar-refractivity contribution in [3.63, 3.8) is 0 Å². The first-order valence-corrected chi connectivity index (χ1v) is 28.9. The number of carbonyl (C=O) groups excluding carboxylic acids is 6. The van der Waals surface area contributed by atoms with Gasteiger partial charge in [-0.2, -0.15) is 0 Å². The molecule has 0 bridgehead atoms. The third-order valence-electron chi connectivity index (χ3n) is 13.9. The lowest BCUT2D eigenvalue weighted by atomic mass is 9.94. The topological polar surface area (TPSA) is 322 Å². The first kappa shape index (κ1) is 73.5. The number of rotatable bonds is 44. The summed E-state index contributed by atoms with van der Waals surface area (Å²) in [6.07, 6.45) is 11.0. The number of nitrogens with one attached hydrogen (secondary N) is 2. The minimum Gasteiger partial charge on any atom is -1.00 e. The van der Waals surface area contributed by atoms with E-state index in [9.17, 15) is 59.4 Å². The fraction of sp³-hybridized carbons (Fsp3) is 0.891. The lowest BCUT2D eigenvalue weighted by Gasteiger charge is -2.47. The Balaban J connectivity index is 0.0000312. The number of carbonyl (C=O) groups is 6. The van der Waals surface area contributed by atoms with Crippen LogP contribution in [0.15, 0.2) is 0 Å². The van der Waals surface area contributed by atoms with Crippen LogP contribution in [0.4, 0.5) is 4.79 Å². The Morgan fingerprint density at radius 2 is 0.886 bits per heavy atom. The molecule has 462 valence electrons. The molecule has 8 N–H and O–H groups in total. The van der Waals surface area contributed by atoms with Crippen LogP contribution < -0.4 is 23.0 Å². The van der Waals surface area contributed by atoms with Gasteiger partial charge in [0.15, 0.2) is 19.1 Å². The minimum atomic E-state index is -1.77. The standard InChI is InChI=1S/C55H99N3O20.ClH/c1-40(61)56-48-50(67)49(66)42(38-59)77-54(48)78-52-43(39-60)76-53(69)47(51(52)68)57-55(70)75-35-28-22-16-10-9-14-20-26-33-73-45(64)30-24-18-12-6-5-11-17-23-29-44(63)72-32-25-19-13-7-8-15-21-27-34-74-46(65)37-58(3,4)31-36-71-41(2)62;/h42-43,47-54,59-60,66-69H,5-39H2,1-4H3,(H-,56,57,61,70);1H/t42?,43?,47?,48?,49-,50-,51-,52-,53-,54+;/m0./s1. The molecular formula is C55H100ClN3O20. The largest absolute Gasteiger partial charge is 1.00 e. The average molecular weight is 1160 g/mol. The Morgan fingerprint density at radius 3 is 1.32 bits per heavy atom. The van der Waals surface area contributed by atoms with Crippen molar-refractivity contribution in [2.45, 2.75) is 242 Å². The number of nitrogens with zero attached hydrogens (tertiary/aromatic N) is 1. The number of alkyl carbamates (subject to hydrolysis) is 1. The molecule has 2 fully saturated rings. The van der Waals surface area contributed by atoms with E-state index in [0.717, 1.165) is 155 Å². The molecule has 0 spiro atoms. The molecule has 2 heterocycles. The highest BCUT2D eigenvalue weighted by Gasteiger charge is 2.51. The minimum absolute atomic E-state index is 0. The number of aliphatic hydroxyl groups excluding tert-OH is 6. The zero-order valence-electron chi connectivity index (χ0n) is 47.7. The van der Waals surface area contributed by atoms with E-state index in [0.29, 0.717) is 50.1 Å². The van der Waals surface area contributed by atoms with Crippen molar-refractivity contribution in [3.8, 4) is 0 Å². The fourth-order valence-corrected chi connectivity index (χ4v) is 9.23. The molecule has 0 aromatic rings. The van der Waals surface area contributed by atoms with Crippen molar-refractivity contribution in [1.82, 2.24) is 10.6 Å². The van der Waals surface area contributed by atoms with Crippen LogP contribution in [0.2, 0.25) is 0 Å². The second-order valence-electron chi connectivity index (χ2n) is 21.4. The van der Waals surface area contributed by atoms with Crippen LogP contribution in [0.5, 0.6) is 0 Å². The molecule has 2 saturated heterocycles. The highest BCUT2D eigenvalue weighted by Crippen LogP contribution is 2.29. The molecule has 23 nitrogen and oxygen atoms in total. The number of likely N-dealkylation sites (N-methyl/N-ethyl adjacent to an activating group) is 1. The van der Waals surface area contributed by atoms with Crippen molar-refractivity contribution >= 4 is 35.9 Å². The Kier molecular flexibility index (Phi) is 41.1. The van der Waals surface area contributed by atoms with E-state index in [1.807, 2.05) is 14.1 Å². The van der Waals surface area contributed by atoms with Crippen LogP contribution >= 0.6 is 0 Å². The third kappa shape index (κ3) is 33.9. The Hall–Kier alpha value is -3.49. The molecule has 0 aromatic carbocycles. The van der Waals surface area contributed by atoms with Gasteiger partial charge in [0, 0.05) is 26.7 Å². The van der Waals surface area contributed by atoms with Gasteiger partial charge in [0.05, 0.1) is 53.7 Å². The van der Waals surface area contributed by atoms with Crippen LogP contribution in [0.3, 0.4) is 0 Å². The molecule has 24 heteroatoms. The molecule has 2 rings (SSSR count). The summed E-state index contributed by atoms with van der Waals surface area (Å²) in [5.41, 5.74) is 0. The van der Waals surface area contributed by atoms with Crippen molar-refractivity contribution in [1.29, 1.82) is 0 Å². The fourth-order valence-electron chi connectivity index (χ4n) is 9.23. The van der Waals surface area contributed by atoms with Crippen molar-refractivity contribution in [2.24, 2.45) is 0 Å². The van der Waals surface area contributed by atoms with Gasteiger partial charge in [-0.1, -0.05) is 116 Å². The highest BCUT2D eigenvalue weighted by molar-refractivity contribution is 5.73. The van der Waals surface area contributed by atoms with Gasteiger partial charge < -0.3 is 96.1 Å². The number of hydrogen-bond acceptors (Lipinski definition) is 20. The van der Waals surface area contributed by atoms with Gasteiger partial charge in [-0.25, -0.2) is 9.59 Å². The van der Waals surface area contributed by atoms with Crippen LogP contribution in [0.25, 0.3) is 0 Å². The maximum Gasteiger partial charge on any atom is 0.407 e. The van der Waals surface area contributed by atoms with Gasteiger partial charge in [0.25, 0.3) is 0 Å². The van der Waals surface area contributed by atoms with Crippen molar-refractivity contribution < 1.29 is 114 Å². The summed E-state index contributed by atoms with van der Waals surface area (Å²) < 4.78 is 43.6. The van der Waals surface area contributed by atoms with E-state index in [1.165, 1.54) is 6.92 Å². The summed E-state index contributed by atoms with van der Waals surface area (Å²) in [7, 11) is 3.81. The molecule has 79 heavy (non-hydrogen) atoms. The molecule has 10 atom stereocenters. The number of halogens is 1. The molecule has 2 amide bonds. The zero-order chi connectivity index (χ0) is 57.6. The van der Waals surface area contributed by atoms with E-state index in [-0.39, 0.29) is 56.0 Å². The average Bonchev–Trinajstić information content (AvgIpc) is 3.47.